The van der Waals surface area contributed by atoms with E-state index in [0.717, 1.165) is 6.54 Å². The summed E-state index contributed by atoms with van der Waals surface area (Å²) < 4.78 is 0. The van der Waals surface area contributed by atoms with E-state index in [-0.39, 0.29) is 0 Å². The fraction of sp³-hybridized carbons (Fsp3) is 0.438. The van der Waals surface area contributed by atoms with E-state index >= 15 is 0 Å². The van der Waals surface area contributed by atoms with Gasteiger partial charge in [-0.15, -0.1) is 0 Å². The number of benzene rings is 1. The molecule has 2 radical (unpaired) electrons. The van der Waals surface area contributed by atoms with E-state index in [2.05, 4.69) is 68.7 Å². The van der Waals surface area contributed by atoms with Crippen molar-refractivity contribution in [1.82, 2.24) is 4.90 Å². The van der Waals surface area contributed by atoms with Gasteiger partial charge in [-0.05, 0) is 38.3 Å². The summed E-state index contributed by atoms with van der Waals surface area (Å²) in [6.07, 6.45) is 6.63. The third-order valence-electron chi connectivity index (χ3n) is 3.26. The third kappa shape index (κ3) is 2.69. The number of hydrogen-bond donors (Lipinski definition) is 0. The molecule has 18 heavy (non-hydrogen) atoms. The molecule has 2 nitrogen and oxygen atoms in total. The largest absolute Gasteiger partial charge is 0.346 e. The molecular weight excluding hydrogens is 220 g/mol. The van der Waals surface area contributed by atoms with Gasteiger partial charge in [0, 0.05) is 24.6 Å². The Morgan fingerprint density at radius 3 is 2.33 bits per heavy atom. The summed E-state index contributed by atoms with van der Waals surface area (Å²) in [5.74, 6) is 0. The molecule has 0 fully saturated rings. The van der Waals surface area contributed by atoms with Gasteiger partial charge in [-0.25, -0.2) is 0 Å². The summed E-state index contributed by atoms with van der Waals surface area (Å²) >= 11 is 0. The number of nitrogens with zero attached hydrogens (tertiary/aromatic N) is 2. The van der Waals surface area contributed by atoms with Crippen LogP contribution in [0.4, 0.5) is 5.69 Å². The molecule has 2 rings (SSSR count). The van der Waals surface area contributed by atoms with Gasteiger partial charge in [-0.2, -0.15) is 0 Å². The molecule has 0 bridgehead atoms. The highest BCUT2D eigenvalue weighted by Crippen LogP contribution is 2.30. The predicted molar refractivity (Wildman–Crippen MR) is 77.1 cm³/mol. The zero-order chi connectivity index (χ0) is 13.1. The van der Waals surface area contributed by atoms with E-state index in [4.69, 9.17) is 0 Å². The highest BCUT2D eigenvalue weighted by Gasteiger charge is 2.18. The molecule has 0 spiro atoms. The van der Waals surface area contributed by atoms with Crippen LogP contribution < -0.4 is 4.90 Å². The van der Waals surface area contributed by atoms with Gasteiger partial charge in [0.25, 0.3) is 0 Å². The molecule has 0 aromatic heterocycles. The maximum absolute atomic E-state index is 3.40. The van der Waals surface area contributed by atoms with Crippen LogP contribution in [0, 0.1) is 27.4 Å². The van der Waals surface area contributed by atoms with Crippen LogP contribution in [-0.2, 0) is 0 Å². The van der Waals surface area contributed by atoms with Crippen LogP contribution in [0.25, 0.3) is 0 Å². The molecule has 0 amide bonds. The van der Waals surface area contributed by atoms with E-state index < -0.39 is 0 Å². The Morgan fingerprint density at radius 1 is 1.06 bits per heavy atom. The second-order valence-electron chi connectivity index (χ2n) is 5.06. The molecule has 0 aliphatic carbocycles. The molecule has 0 saturated heterocycles. The van der Waals surface area contributed by atoms with Crippen LogP contribution >= 0.6 is 0 Å². The Hall–Kier alpha value is -1.44. The van der Waals surface area contributed by atoms with Crippen LogP contribution in [0.2, 0.25) is 0 Å². The molecule has 0 unspecified atom stereocenters. The van der Waals surface area contributed by atoms with Crippen LogP contribution in [0.1, 0.15) is 36.5 Å². The minimum absolute atomic E-state index is 1.05. The standard InChI is InChI=1S/C16H22N2/c1-5-6-7-17-8-9-18(12-17)16-14(3)10-13(2)11-15(16)4/h8-11H,5-7H2,1-4H3. The number of anilines is 1. The summed E-state index contributed by atoms with van der Waals surface area (Å²) in [4.78, 5) is 4.25. The van der Waals surface area contributed by atoms with Crippen LogP contribution in [0.5, 0.6) is 0 Å². The van der Waals surface area contributed by atoms with Gasteiger partial charge in [0.2, 0.25) is 6.67 Å². The highest BCUT2D eigenvalue weighted by molar-refractivity contribution is 5.63. The Labute approximate surface area is 111 Å². The Kier molecular flexibility index (Phi) is 3.95. The van der Waals surface area contributed by atoms with Crippen molar-refractivity contribution in [3.8, 4) is 0 Å². The maximum Gasteiger partial charge on any atom is 0.212 e. The number of unbranched alkanes of at least 4 members (excludes halogenated alkanes) is 1. The summed E-state index contributed by atoms with van der Waals surface area (Å²) in [6.45, 7) is 13.1. The number of aryl methyl sites for hydroxylation is 3. The lowest BCUT2D eigenvalue weighted by molar-refractivity contribution is 0.452. The zero-order valence-corrected chi connectivity index (χ0v) is 11.8. The van der Waals surface area contributed by atoms with E-state index in [9.17, 15) is 0 Å². The van der Waals surface area contributed by atoms with Crippen LogP contribution in [0.3, 0.4) is 0 Å². The Bertz CT molecular complexity index is 425. The SMILES string of the molecule is CCCCN1[C]N(c2c(C)cc(C)cc2C)C=C1. The first-order valence-corrected chi connectivity index (χ1v) is 6.70. The van der Waals surface area contributed by atoms with Gasteiger partial charge in [-0.3, -0.25) is 0 Å². The first-order valence-electron chi connectivity index (χ1n) is 6.70. The molecule has 1 aliphatic heterocycles. The topological polar surface area (TPSA) is 6.48 Å². The van der Waals surface area contributed by atoms with Gasteiger partial charge in [0.1, 0.15) is 0 Å². The van der Waals surface area contributed by atoms with Crippen molar-refractivity contribution in [3.63, 3.8) is 0 Å². The average molecular weight is 242 g/mol. The lowest BCUT2D eigenvalue weighted by Gasteiger charge is -2.22. The third-order valence-corrected chi connectivity index (χ3v) is 3.26. The van der Waals surface area contributed by atoms with Crippen molar-refractivity contribution in [2.75, 3.05) is 11.4 Å². The highest BCUT2D eigenvalue weighted by atomic mass is 15.3. The first kappa shape index (κ1) is 13.0. The number of hydrogen-bond acceptors (Lipinski definition) is 2. The summed E-state index contributed by atoms with van der Waals surface area (Å²) in [6, 6.07) is 4.46. The average Bonchev–Trinajstić information content (AvgIpc) is 2.73. The Morgan fingerprint density at radius 2 is 1.72 bits per heavy atom. The molecule has 1 aromatic rings. The van der Waals surface area contributed by atoms with Crippen LogP contribution in [0.15, 0.2) is 24.5 Å². The predicted octanol–water partition coefficient (Wildman–Crippen LogP) is 4.00. The normalized spacial score (nSPS) is 14.7. The first-order chi connectivity index (χ1) is 8.61. The monoisotopic (exact) mass is 242 g/mol. The minimum atomic E-state index is 1.05. The summed E-state index contributed by atoms with van der Waals surface area (Å²) in [5.41, 5.74) is 5.19. The van der Waals surface area contributed by atoms with E-state index in [1.165, 1.54) is 35.2 Å². The van der Waals surface area contributed by atoms with Gasteiger partial charge in [-0.1, -0.05) is 31.0 Å². The lowest BCUT2D eigenvalue weighted by Crippen LogP contribution is -2.21. The molecule has 0 N–H and O–H groups in total. The van der Waals surface area contributed by atoms with Crippen molar-refractivity contribution >= 4 is 5.69 Å². The lowest BCUT2D eigenvalue weighted by atomic mass is 10.0. The molecule has 1 heterocycles. The van der Waals surface area contributed by atoms with Crippen molar-refractivity contribution in [3.05, 3.63) is 47.9 Å². The minimum Gasteiger partial charge on any atom is -0.346 e. The molecule has 1 aliphatic rings. The van der Waals surface area contributed by atoms with Gasteiger partial charge >= 0.3 is 0 Å². The molecule has 0 saturated carbocycles. The molecular formula is C16H22N2. The number of rotatable bonds is 4. The quantitative estimate of drug-likeness (QED) is 0.787. The van der Waals surface area contributed by atoms with Crippen molar-refractivity contribution < 1.29 is 0 Å². The van der Waals surface area contributed by atoms with E-state index in [0.29, 0.717) is 0 Å². The Balaban J connectivity index is 2.13. The fourth-order valence-electron chi connectivity index (χ4n) is 2.48. The second kappa shape index (κ2) is 5.47. The summed E-state index contributed by atoms with van der Waals surface area (Å²) in [5, 5.41) is 0. The van der Waals surface area contributed by atoms with Gasteiger partial charge in [0.05, 0.1) is 0 Å². The molecule has 2 heteroatoms. The molecule has 1 aromatic carbocycles. The summed E-state index contributed by atoms with van der Waals surface area (Å²) in [7, 11) is 0. The van der Waals surface area contributed by atoms with Crippen LogP contribution in [-0.4, -0.2) is 11.4 Å². The van der Waals surface area contributed by atoms with Crippen molar-refractivity contribution in [2.45, 2.75) is 40.5 Å². The van der Waals surface area contributed by atoms with Crippen molar-refractivity contribution in [2.24, 2.45) is 0 Å². The van der Waals surface area contributed by atoms with Gasteiger partial charge in [0.15, 0.2) is 0 Å². The van der Waals surface area contributed by atoms with Gasteiger partial charge < -0.3 is 9.80 Å². The van der Waals surface area contributed by atoms with Crippen molar-refractivity contribution in [1.29, 1.82) is 0 Å². The zero-order valence-electron chi connectivity index (χ0n) is 11.8. The maximum atomic E-state index is 3.40. The van der Waals surface area contributed by atoms with E-state index in [1.807, 2.05) is 0 Å². The molecule has 96 valence electrons. The second-order valence-corrected chi connectivity index (χ2v) is 5.06. The fourth-order valence-corrected chi connectivity index (χ4v) is 2.48. The molecule has 0 atom stereocenters. The smallest absolute Gasteiger partial charge is 0.212 e. The van der Waals surface area contributed by atoms with E-state index in [1.54, 1.807) is 0 Å².